The van der Waals surface area contributed by atoms with Crippen molar-refractivity contribution in [3.05, 3.63) is 22.5 Å². The molecule has 2 N–H and O–H groups in total. The number of carbonyl (C=O) groups excluding carboxylic acids is 2. The Morgan fingerprint density at radius 2 is 1.80 bits per heavy atom. The van der Waals surface area contributed by atoms with Gasteiger partial charge in [0.05, 0.1) is 0 Å². The highest BCUT2D eigenvalue weighted by Crippen LogP contribution is 2.36. The molecule has 0 aromatic carbocycles. The molecule has 0 fully saturated rings. The lowest BCUT2D eigenvalue weighted by molar-refractivity contribution is 0.0909. The fourth-order valence-electron chi connectivity index (χ4n) is 3.96. The maximum atomic E-state index is 12.6. The molecule has 1 amide bonds. The van der Waals surface area contributed by atoms with Crippen molar-refractivity contribution < 1.29 is 9.59 Å². The van der Waals surface area contributed by atoms with Crippen molar-refractivity contribution in [3.8, 4) is 0 Å². The van der Waals surface area contributed by atoms with Gasteiger partial charge in [-0.05, 0) is 52.0 Å². The van der Waals surface area contributed by atoms with E-state index in [9.17, 15) is 9.59 Å². The van der Waals surface area contributed by atoms with Crippen LogP contribution in [0.25, 0.3) is 0 Å². The van der Waals surface area contributed by atoms with Gasteiger partial charge in [-0.2, -0.15) is 0 Å². The lowest BCUT2D eigenvalue weighted by Gasteiger charge is -2.30. The van der Waals surface area contributed by atoms with Crippen molar-refractivity contribution in [1.29, 1.82) is 0 Å². The van der Waals surface area contributed by atoms with Gasteiger partial charge in [-0.25, -0.2) is 0 Å². The summed E-state index contributed by atoms with van der Waals surface area (Å²) in [6, 6.07) is 0.882. The Morgan fingerprint density at radius 3 is 2.36 bits per heavy atom. The minimum absolute atomic E-state index is 0.0514. The van der Waals surface area contributed by atoms with Crippen molar-refractivity contribution in [1.82, 2.24) is 15.2 Å². The molecule has 0 bridgehead atoms. The molecule has 0 spiro atoms. The molecular weight excluding hydrogens is 314 g/mol. The Labute approximate surface area is 151 Å². The third kappa shape index (κ3) is 4.32. The molecule has 2 rings (SSSR count). The van der Waals surface area contributed by atoms with Crippen molar-refractivity contribution in [3.63, 3.8) is 0 Å². The molecule has 1 aliphatic carbocycles. The van der Waals surface area contributed by atoms with E-state index >= 15 is 0 Å². The molecule has 140 valence electrons. The van der Waals surface area contributed by atoms with Crippen LogP contribution < -0.4 is 5.32 Å². The number of ketones is 1. The molecule has 0 atom stereocenters. The van der Waals surface area contributed by atoms with Crippen LogP contribution in [0.1, 0.15) is 80.1 Å². The standard InChI is InChI=1S/C20H33N3O2/c1-12(2)23(13(3)4)9-8-21-19(25)18-14(5)17-15(22-18)10-20(6,7)11-16(17)24/h12-13,22H,8-11H2,1-7H3,(H,21,25). The molecule has 0 aliphatic heterocycles. The number of aromatic amines is 1. The zero-order chi connectivity index (χ0) is 18.9. The molecule has 1 aliphatic rings. The second-order valence-corrected chi connectivity index (χ2v) is 8.60. The first-order valence-corrected chi connectivity index (χ1v) is 9.32. The Morgan fingerprint density at radius 1 is 1.20 bits per heavy atom. The van der Waals surface area contributed by atoms with Crippen molar-refractivity contribution in [2.24, 2.45) is 5.41 Å². The maximum Gasteiger partial charge on any atom is 0.268 e. The summed E-state index contributed by atoms with van der Waals surface area (Å²) in [4.78, 5) is 30.6. The van der Waals surface area contributed by atoms with Gasteiger partial charge >= 0.3 is 0 Å². The molecule has 5 heteroatoms. The average Bonchev–Trinajstić information content (AvgIpc) is 2.77. The van der Waals surface area contributed by atoms with Crippen LogP contribution in [0.3, 0.4) is 0 Å². The quantitative estimate of drug-likeness (QED) is 0.829. The number of fused-ring (bicyclic) bond motifs is 1. The van der Waals surface area contributed by atoms with E-state index in [1.54, 1.807) is 0 Å². The second-order valence-electron chi connectivity index (χ2n) is 8.60. The minimum Gasteiger partial charge on any atom is -0.354 e. The van der Waals surface area contributed by atoms with Gasteiger partial charge in [0.2, 0.25) is 0 Å². The molecule has 0 saturated carbocycles. The number of rotatable bonds is 6. The van der Waals surface area contributed by atoms with Gasteiger partial charge in [-0.15, -0.1) is 0 Å². The van der Waals surface area contributed by atoms with Crippen LogP contribution in [0.15, 0.2) is 0 Å². The van der Waals surface area contributed by atoms with E-state index in [1.165, 1.54) is 0 Å². The largest absolute Gasteiger partial charge is 0.354 e. The van der Waals surface area contributed by atoms with Crippen molar-refractivity contribution >= 4 is 11.7 Å². The van der Waals surface area contributed by atoms with Gasteiger partial charge in [-0.1, -0.05) is 13.8 Å². The first kappa shape index (κ1) is 19.7. The van der Waals surface area contributed by atoms with E-state index < -0.39 is 0 Å². The fourth-order valence-corrected chi connectivity index (χ4v) is 3.96. The second kappa shape index (κ2) is 7.32. The molecule has 1 aromatic heterocycles. The summed E-state index contributed by atoms with van der Waals surface area (Å²) >= 11 is 0. The zero-order valence-corrected chi connectivity index (χ0v) is 16.7. The lowest BCUT2D eigenvalue weighted by Crippen LogP contribution is -2.42. The molecule has 1 heterocycles. The van der Waals surface area contributed by atoms with E-state index in [0.717, 1.165) is 29.8 Å². The third-order valence-corrected chi connectivity index (χ3v) is 5.11. The van der Waals surface area contributed by atoms with E-state index in [0.29, 0.717) is 30.7 Å². The Kier molecular flexibility index (Phi) is 5.77. The SMILES string of the molecule is Cc1c(C(=O)NCCN(C(C)C)C(C)C)[nH]c2c1C(=O)CC(C)(C)C2. The van der Waals surface area contributed by atoms with Gasteiger partial charge in [0.15, 0.2) is 5.78 Å². The third-order valence-electron chi connectivity index (χ3n) is 5.11. The van der Waals surface area contributed by atoms with Crippen molar-refractivity contribution in [2.45, 2.75) is 73.4 Å². The summed E-state index contributed by atoms with van der Waals surface area (Å²) in [5.74, 6) is 0.0230. The normalized spacial score (nSPS) is 16.6. The van der Waals surface area contributed by atoms with Crippen LogP contribution in [0.5, 0.6) is 0 Å². The summed E-state index contributed by atoms with van der Waals surface area (Å²) in [6.07, 6.45) is 1.34. The fraction of sp³-hybridized carbons (Fsp3) is 0.700. The summed E-state index contributed by atoms with van der Waals surface area (Å²) in [5, 5.41) is 3.00. The van der Waals surface area contributed by atoms with E-state index in [2.05, 4.69) is 56.7 Å². The van der Waals surface area contributed by atoms with Crippen molar-refractivity contribution in [2.75, 3.05) is 13.1 Å². The molecule has 0 radical (unpaired) electrons. The first-order chi connectivity index (χ1) is 11.5. The van der Waals surface area contributed by atoms with Crippen LogP contribution in [-0.2, 0) is 6.42 Å². The molecule has 5 nitrogen and oxygen atoms in total. The van der Waals surface area contributed by atoms with E-state index in [4.69, 9.17) is 0 Å². The number of amides is 1. The molecule has 25 heavy (non-hydrogen) atoms. The number of carbonyl (C=O) groups is 2. The Bertz CT molecular complexity index is 648. The maximum absolute atomic E-state index is 12.6. The Balaban J connectivity index is 2.08. The molecule has 1 aromatic rings. The smallest absolute Gasteiger partial charge is 0.268 e. The van der Waals surface area contributed by atoms with Gasteiger partial charge in [0, 0.05) is 42.9 Å². The minimum atomic E-state index is -0.120. The Hall–Kier alpha value is -1.62. The highest BCUT2D eigenvalue weighted by molar-refractivity contribution is 6.04. The zero-order valence-electron chi connectivity index (χ0n) is 16.7. The number of Topliss-reactive ketones (excluding diaryl/α,β-unsaturated/α-hetero) is 1. The van der Waals surface area contributed by atoms with E-state index in [-0.39, 0.29) is 17.1 Å². The topological polar surface area (TPSA) is 65.2 Å². The number of aromatic nitrogens is 1. The summed E-state index contributed by atoms with van der Waals surface area (Å²) < 4.78 is 0. The molecule has 0 unspecified atom stereocenters. The first-order valence-electron chi connectivity index (χ1n) is 9.32. The predicted octanol–water partition coefficient (Wildman–Crippen LogP) is 3.33. The van der Waals surface area contributed by atoms with Gasteiger partial charge in [0.1, 0.15) is 5.69 Å². The van der Waals surface area contributed by atoms with Crippen LogP contribution in [0.4, 0.5) is 0 Å². The van der Waals surface area contributed by atoms with E-state index in [1.807, 2.05) is 6.92 Å². The molecule has 0 saturated heterocycles. The lowest BCUT2D eigenvalue weighted by atomic mass is 9.75. The highest BCUT2D eigenvalue weighted by Gasteiger charge is 2.35. The predicted molar refractivity (Wildman–Crippen MR) is 101 cm³/mol. The molecular formula is C20H33N3O2. The van der Waals surface area contributed by atoms with Gasteiger partial charge in [-0.3, -0.25) is 14.5 Å². The average molecular weight is 348 g/mol. The number of nitrogens with one attached hydrogen (secondary N) is 2. The van der Waals surface area contributed by atoms with Gasteiger partial charge in [0.25, 0.3) is 5.91 Å². The number of hydrogen-bond acceptors (Lipinski definition) is 3. The number of nitrogens with zero attached hydrogens (tertiary/aromatic N) is 1. The summed E-state index contributed by atoms with van der Waals surface area (Å²) in [7, 11) is 0. The monoisotopic (exact) mass is 347 g/mol. The highest BCUT2D eigenvalue weighted by atomic mass is 16.2. The van der Waals surface area contributed by atoms with Crippen LogP contribution in [0.2, 0.25) is 0 Å². The van der Waals surface area contributed by atoms with Crippen LogP contribution in [-0.4, -0.2) is 46.7 Å². The van der Waals surface area contributed by atoms with Gasteiger partial charge < -0.3 is 10.3 Å². The summed E-state index contributed by atoms with van der Waals surface area (Å²) in [6.45, 7) is 16.1. The van der Waals surface area contributed by atoms with Crippen LogP contribution >= 0.6 is 0 Å². The number of hydrogen-bond donors (Lipinski definition) is 2. The van der Waals surface area contributed by atoms with Crippen LogP contribution in [0, 0.1) is 12.3 Å². The number of H-pyrrole nitrogens is 1. The summed E-state index contributed by atoms with van der Waals surface area (Å²) in [5.41, 5.74) is 2.92.